The van der Waals surface area contributed by atoms with Gasteiger partial charge in [0.15, 0.2) is 12.1 Å². The van der Waals surface area contributed by atoms with Crippen molar-refractivity contribution in [3.8, 4) is 0 Å². The van der Waals surface area contributed by atoms with E-state index in [4.69, 9.17) is 14.7 Å². The summed E-state index contributed by atoms with van der Waals surface area (Å²) in [6.07, 6.45) is 2.12. The molecule has 0 radical (unpaired) electrons. The Morgan fingerprint density at radius 1 is 1.21 bits per heavy atom. The summed E-state index contributed by atoms with van der Waals surface area (Å²) in [6, 6.07) is 9.69. The van der Waals surface area contributed by atoms with E-state index in [1.54, 1.807) is 0 Å². The first-order valence-electron chi connectivity index (χ1n) is 11.3. The molecule has 17 heteroatoms. The van der Waals surface area contributed by atoms with Gasteiger partial charge in [0.1, 0.15) is 6.26 Å². The lowest BCUT2D eigenvalue weighted by atomic mass is 10.3. The number of nitrogens with zero attached hydrogens (tertiary/aromatic N) is 5. The number of hydrogen-bond donors (Lipinski definition) is 2. The van der Waals surface area contributed by atoms with Crippen molar-refractivity contribution in [3.63, 3.8) is 0 Å². The van der Waals surface area contributed by atoms with E-state index in [0.717, 1.165) is 31.8 Å². The van der Waals surface area contributed by atoms with Gasteiger partial charge in [-0.05, 0) is 49.5 Å². The molecule has 212 valence electrons. The summed E-state index contributed by atoms with van der Waals surface area (Å²) >= 11 is 0.549. The third-order valence-corrected chi connectivity index (χ3v) is 6.97. The average molecular weight is 585 g/mol. The Bertz CT molecular complexity index is 1270. The molecule has 2 aromatic rings. The molecule has 39 heavy (non-hydrogen) atoms. The van der Waals surface area contributed by atoms with Crippen LogP contribution in [0.3, 0.4) is 0 Å². The first-order chi connectivity index (χ1) is 18.7. The van der Waals surface area contributed by atoms with Crippen LogP contribution in [-0.2, 0) is 28.9 Å². The third kappa shape index (κ3) is 10.7. The first-order valence-corrected chi connectivity index (χ1v) is 13.6. The zero-order valence-electron chi connectivity index (χ0n) is 21.3. The van der Waals surface area contributed by atoms with Gasteiger partial charge >= 0.3 is 0 Å². The average Bonchev–Trinajstić information content (AvgIpc) is 2.93. The topological polar surface area (TPSA) is 187 Å². The van der Waals surface area contributed by atoms with Crippen LogP contribution in [0.25, 0.3) is 0 Å². The fourth-order valence-corrected chi connectivity index (χ4v) is 4.35. The standard InChI is InChI=1S/C22H28N6O9S2/c1-4-27(5-2)13-12-24-39(32,33)19-9-6-17(7-10-19)23-16-35-22(15-34-3)26-25-20-11-8-18(38-37-36-31)14-21(20)28(29)30/h6-11,14-16,24,31H,4-5,12-13H2,1-3H3/b22-15-,23-16?,26-25?. The zero-order valence-corrected chi connectivity index (χ0v) is 22.9. The Labute approximate surface area is 229 Å². The van der Waals surface area contributed by atoms with Gasteiger partial charge in [0, 0.05) is 24.1 Å². The molecule has 2 aromatic carbocycles. The van der Waals surface area contributed by atoms with Crippen LogP contribution in [0.2, 0.25) is 0 Å². The number of benzene rings is 2. The fraction of sp³-hybridized carbons (Fsp3) is 0.318. The largest absolute Gasteiger partial charge is 0.499 e. The molecule has 0 amide bonds. The number of aliphatic imine (C=N–C) groups is 1. The Morgan fingerprint density at radius 3 is 2.54 bits per heavy atom. The van der Waals surface area contributed by atoms with Crippen molar-refractivity contribution in [1.82, 2.24) is 9.62 Å². The molecule has 0 aromatic heterocycles. The Morgan fingerprint density at radius 2 is 1.92 bits per heavy atom. The van der Waals surface area contributed by atoms with Crippen molar-refractivity contribution in [3.05, 3.63) is 64.7 Å². The van der Waals surface area contributed by atoms with Crippen LogP contribution in [0.1, 0.15) is 13.8 Å². The van der Waals surface area contributed by atoms with E-state index < -0.39 is 20.6 Å². The van der Waals surface area contributed by atoms with Gasteiger partial charge in [0.25, 0.3) is 11.6 Å². The van der Waals surface area contributed by atoms with Gasteiger partial charge in [-0.25, -0.2) is 23.4 Å². The van der Waals surface area contributed by atoms with Crippen molar-refractivity contribution in [2.24, 2.45) is 15.2 Å². The number of rotatable bonds is 17. The summed E-state index contributed by atoms with van der Waals surface area (Å²) in [4.78, 5) is 17.2. The van der Waals surface area contributed by atoms with Crippen molar-refractivity contribution in [2.75, 3.05) is 33.3 Å². The molecule has 2 N–H and O–H groups in total. The lowest BCUT2D eigenvalue weighted by Gasteiger charge is -2.18. The molecule has 0 aliphatic heterocycles. The smallest absolute Gasteiger partial charge is 0.297 e. The van der Waals surface area contributed by atoms with Crippen LogP contribution in [0.5, 0.6) is 0 Å². The molecule has 2 rings (SSSR count). The fourth-order valence-electron chi connectivity index (χ4n) is 2.93. The number of nitrogens with one attached hydrogen (secondary N) is 1. The minimum atomic E-state index is -3.67. The second-order valence-corrected chi connectivity index (χ2v) is 9.84. The van der Waals surface area contributed by atoms with Crippen LogP contribution in [0, 0.1) is 10.1 Å². The number of nitro groups is 1. The summed E-state index contributed by atoms with van der Waals surface area (Å²) in [5.74, 6) is -0.178. The minimum absolute atomic E-state index is 0.0946. The minimum Gasteiger partial charge on any atom is -0.499 e. The molecular formula is C22H28N6O9S2. The number of methoxy groups -OCH3 is 1. The molecule has 0 unspecified atom stereocenters. The number of hydrogen-bond acceptors (Lipinski definition) is 14. The number of ether oxygens (including phenoxy) is 2. The van der Waals surface area contributed by atoms with Crippen molar-refractivity contribution < 1.29 is 37.4 Å². The van der Waals surface area contributed by atoms with E-state index >= 15 is 0 Å². The van der Waals surface area contributed by atoms with E-state index in [9.17, 15) is 18.5 Å². The molecule has 0 fully saturated rings. The zero-order chi connectivity index (χ0) is 28.7. The van der Waals surface area contributed by atoms with E-state index in [0.29, 0.717) is 30.8 Å². The molecule has 15 nitrogen and oxygen atoms in total. The molecule has 0 bridgehead atoms. The summed E-state index contributed by atoms with van der Waals surface area (Å²) in [6.45, 7) is 6.58. The lowest BCUT2D eigenvalue weighted by molar-refractivity contribution is -0.432. The van der Waals surface area contributed by atoms with Crippen molar-refractivity contribution in [2.45, 2.75) is 23.6 Å². The van der Waals surface area contributed by atoms with Gasteiger partial charge in [-0.3, -0.25) is 10.1 Å². The highest BCUT2D eigenvalue weighted by Crippen LogP contribution is 2.33. The summed E-state index contributed by atoms with van der Waals surface area (Å²) in [5, 5.41) is 30.7. The quantitative estimate of drug-likeness (QED) is 0.0388. The van der Waals surface area contributed by atoms with Crippen LogP contribution < -0.4 is 4.72 Å². The van der Waals surface area contributed by atoms with Gasteiger partial charge in [-0.2, -0.15) is 0 Å². The van der Waals surface area contributed by atoms with E-state index in [1.165, 1.54) is 43.5 Å². The van der Waals surface area contributed by atoms with Gasteiger partial charge in [0.2, 0.25) is 10.0 Å². The van der Waals surface area contributed by atoms with Gasteiger partial charge in [-0.1, -0.05) is 18.9 Å². The lowest BCUT2D eigenvalue weighted by Crippen LogP contribution is -2.34. The SMILES string of the molecule is CCN(CC)CCNS(=O)(=O)c1ccc(N=CO/C(=C\OC)N=Nc2ccc(SOOO)cc2[N+](=O)[O-])cc1. The Balaban J connectivity index is 2.04. The van der Waals surface area contributed by atoms with E-state index in [2.05, 4.69) is 34.2 Å². The van der Waals surface area contributed by atoms with Crippen LogP contribution in [-0.4, -0.2) is 63.2 Å². The van der Waals surface area contributed by atoms with Gasteiger partial charge in [0.05, 0.1) is 34.7 Å². The van der Waals surface area contributed by atoms with Crippen molar-refractivity contribution >= 4 is 45.5 Å². The summed E-state index contributed by atoms with van der Waals surface area (Å²) in [5.41, 5.74) is -0.101. The molecular weight excluding hydrogens is 556 g/mol. The Kier molecular flexibility index (Phi) is 13.4. The second kappa shape index (κ2) is 16.5. The molecule has 0 heterocycles. The number of nitro benzene ring substituents is 1. The van der Waals surface area contributed by atoms with Gasteiger partial charge < -0.3 is 14.4 Å². The third-order valence-electron chi connectivity index (χ3n) is 4.92. The molecule has 0 saturated carbocycles. The highest BCUT2D eigenvalue weighted by Gasteiger charge is 2.16. The van der Waals surface area contributed by atoms with Crippen LogP contribution in [0.4, 0.5) is 17.1 Å². The van der Waals surface area contributed by atoms with Gasteiger partial charge in [-0.15, -0.1) is 14.6 Å². The highest BCUT2D eigenvalue weighted by atomic mass is 32.2. The maximum atomic E-state index is 12.5. The maximum absolute atomic E-state index is 12.5. The molecule has 0 spiro atoms. The predicted octanol–water partition coefficient (Wildman–Crippen LogP) is 4.55. The predicted molar refractivity (Wildman–Crippen MR) is 142 cm³/mol. The summed E-state index contributed by atoms with van der Waals surface area (Å²) < 4.78 is 42.0. The van der Waals surface area contributed by atoms with Crippen LogP contribution in [0.15, 0.2) is 79.6 Å². The monoisotopic (exact) mass is 584 g/mol. The highest BCUT2D eigenvalue weighted by molar-refractivity contribution is 7.94. The maximum Gasteiger partial charge on any atom is 0.297 e. The normalized spacial score (nSPS) is 12.5. The number of likely N-dealkylation sites (N-methyl/N-ethyl adjacent to an activating group) is 1. The number of azo groups is 1. The first kappa shape index (κ1) is 31.8. The molecule has 0 atom stereocenters. The molecule has 0 aliphatic carbocycles. The number of sulfonamides is 1. The second-order valence-electron chi connectivity index (χ2n) is 7.30. The summed E-state index contributed by atoms with van der Waals surface area (Å²) in [7, 11) is -2.33. The van der Waals surface area contributed by atoms with E-state index in [1.807, 2.05) is 13.8 Å². The molecule has 0 saturated heterocycles. The Hall–Kier alpha value is -3.45. The van der Waals surface area contributed by atoms with Crippen LogP contribution >= 0.6 is 12.0 Å². The molecule has 0 aliphatic rings. The van der Waals surface area contributed by atoms with Crippen molar-refractivity contribution in [1.29, 1.82) is 0 Å². The van der Waals surface area contributed by atoms with E-state index in [-0.39, 0.29) is 21.4 Å².